The quantitative estimate of drug-likeness (QED) is 0.517. The highest BCUT2D eigenvalue weighted by atomic mass is 35.5. The summed E-state index contributed by atoms with van der Waals surface area (Å²) in [4.78, 5) is 37.7. The topological polar surface area (TPSA) is 139 Å². The molecule has 2 rings (SSSR count). The van der Waals surface area contributed by atoms with Crippen molar-refractivity contribution in [1.82, 2.24) is 4.90 Å². The molecule has 1 aliphatic rings. The third kappa shape index (κ3) is 5.41. The molecule has 0 radical (unpaired) electrons. The number of carboxylic acids is 1. The Balaban J connectivity index is 2.62. The molecule has 2 unspecified atom stereocenters. The molecule has 10 nitrogen and oxygen atoms in total. The first kappa shape index (κ1) is 26.5. The standard InChI is InChI=1S/C21H27ClN2O8S/c1-10-13-9-32-20(27)15(13)16(23-21(28)24(3)4)12(17(10)31-5)7-8-14(22)11(2)18(19(25)26)33(6,29)30/h8,11,18H,7,9H2,1-6H3,(H,23,28)(H,25,26)/b14-8-. The Morgan fingerprint density at radius 3 is 2.45 bits per heavy atom. The van der Waals surface area contributed by atoms with E-state index in [0.29, 0.717) is 22.4 Å². The number of hydrogen-bond donors (Lipinski definition) is 2. The van der Waals surface area contributed by atoms with Gasteiger partial charge in [-0.15, -0.1) is 0 Å². The van der Waals surface area contributed by atoms with Gasteiger partial charge in [0.1, 0.15) is 12.4 Å². The van der Waals surface area contributed by atoms with E-state index in [9.17, 15) is 27.9 Å². The summed E-state index contributed by atoms with van der Waals surface area (Å²) in [7, 11) is 0.576. The minimum Gasteiger partial charge on any atom is -0.496 e. The number of rotatable bonds is 8. The predicted molar refractivity (Wildman–Crippen MR) is 123 cm³/mol. The van der Waals surface area contributed by atoms with Crippen molar-refractivity contribution < 1.29 is 37.4 Å². The zero-order chi connectivity index (χ0) is 25.2. The van der Waals surface area contributed by atoms with Crippen molar-refractivity contribution in [2.45, 2.75) is 32.1 Å². The van der Waals surface area contributed by atoms with Crippen LogP contribution in [0, 0.1) is 12.8 Å². The van der Waals surface area contributed by atoms with Crippen LogP contribution < -0.4 is 10.1 Å². The number of aliphatic carboxylic acids is 1. The average Bonchev–Trinajstić information content (AvgIpc) is 3.08. The SMILES string of the molecule is COc1c(C)c2c(c(NC(=O)N(C)C)c1C/C=C(\Cl)C(C)C(C(=O)O)S(C)(=O)=O)C(=O)OC2. The fraction of sp³-hybridized carbons (Fsp3) is 0.476. The van der Waals surface area contributed by atoms with Crippen molar-refractivity contribution in [1.29, 1.82) is 0 Å². The van der Waals surface area contributed by atoms with Gasteiger partial charge in [0.05, 0.1) is 18.4 Å². The van der Waals surface area contributed by atoms with Crippen molar-refractivity contribution in [2.75, 3.05) is 32.8 Å². The van der Waals surface area contributed by atoms with Crippen LogP contribution in [0.1, 0.15) is 34.0 Å². The normalized spacial score (nSPS) is 15.4. The summed E-state index contributed by atoms with van der Waals surface area (Å²) in [5.74, 6) is -2.75. The lowest BCUT2D eigenvalue weighted by Gasteiger charge is -2.22. The second-order valence-electron chi connectivity index (χ2n) is 7.94. The largest absolute Gasteiger partial charge is 0.496 e. The second-order valence-corrected chi connectivity index (χ2v) is 10.5. The molecule has 0 saturated carbocycles. The number of urea groups is 1. The maximum Gasteiger partial charge on any atom is 0.341 e. The first-order valence-electron chi connectivity index (χ1n) is 9.87. The Morgan fingerprint density at radius 2 is 1.97 bits per heavy atom. The van der Waals surface area contributed by atoms with Crippen LogP contribution in [-0.4, -0.2) is 69.1 Å². The van der Waals surface area contributed by atoms with Gasteiger partial charge in [0.25, 0.3) is 0 Å². The van der Waals surface area contributed by atoms with Gasteiger partial charge < -0.3 is 24.8 Å². The summed E-state index contributed by atoms with van der Waals surface area (Å²) in [6.45, 7) is 3.18. The van der Waals surface area contributed by atoms with E-state index in [-0.39, 0.29) is 29.3 Å². The number of carbonyl (C=O) groups is 3. The molecular weight excluding hydrogens is 476 g/mol. The number of anilines is 1. The number of sulfone groups is 1. The molecule has 2 amide bonds. The fourth-order valence-electron chi connectivity index (χ4n) is 3.71. The molecule has 33 heavy (non-hydrogen) atoms. The zero-order valence-electron chi connectivity index (χ0n) is 19.2. The van der Waals surface area contributed by atoms with E-state index in [1.165, 1.54) is 39.1 Å². The highest BCUT2D eigenvalue weighted by molar-refractivity contribution is 7.92. The van der Waals surface area contributed by atoms with Crippen LogP contribution in [0.3, 0.4) is 0 Å². The van der Waals surface area contributed by atoms with Crippen LogP contribution in [0.15, 0.2) is 11.1 Å². The van der Waals surface area contributed by atoms with Gasteiger partial charge in [-0.3, -0.25) is 4.79 Å². The van der Waals surface area contributed by atoms with E-state index in [0.717, 1.165) is 6.26 Å². The van der Waals surface area contributed by atoms with E-state index >= 15 is 0 Å². The maximum atomic E-state index is 12.5. The molecule has 1 aromatic carbocycles. The van der Waals surface area contributed by atoms with Gasteiger partial charge in [-0.2, -0.15) is 0 Å². The van der Waals surface area contributed by atoms with Gasteiger partial charge in [-0.1, -0.05) is 24.6 Å². The number of nitrogens with zero attached hydrogens (tertiary/aromatic N) is 1. The van der Waals surface area contributed by atoms with Crippen LogP contribution in [0.2, 0.25) is 0 Å². The summed E-state index contributed by atoms with van der Waals surface area (Å²) in [5, 5.41) is 10.3. The number of carboxylic acid groups (broad SMARTS) is 1. The van der Waals surface area contributed by atoms with Crippen molar-refractivity contribution >= 4 is 45.1 Å². The molecule has 0 spiro atoms. The number of esters is 1. The third-order valence-electron chi connectivity index (χ3n) is 5.41. The van der Waals surface area contributed by atoms with Crippen molar-refractivity contribution in [3.05, 3.63) is 33.4 Å². The molecule has 0 saturated heterocycles. The van der Waals surface area contributed by atoms with Crippen molar-refractivity contribution in [3.8, 4) is 5.75 Å². The lowest BCUT2D eigenvalue weighted by molar-refractivity contribution is -0.137. The minimum absolute atomic E-state index is 0.000456. The Morgan fingerprint density at radius 1 is 1.36 bits per heavy atom. The summed E-state index contributed by atoms with van der Waals surface area (Å²) in [6.07, 6.45) is 2.30. The predicted octanol–water partition coefficient (Wildman–Crippen LogP) is 2.57. The Bertz CT molecular complexity index is 1130. The number of halogens is 1. The summed E-state index contributed by atoms with van der Waals surface area (Å²) in [6, 6.07) is -0.490. The van der Waals surface area contributed by atoms with Gasteiger partial charge in [0.15, 0.2) is 15.1 Å². The number of fused-ring (bicyclic) bond motifs is 1. The molecule has 2 atom stereocenters. The smallest absolute Gasteiger partial charge is 0.341 e. The molecular formula is C21H27ClN2O8S. The summed E-state index contributed by atoms with van der Waals surface area (Å²) in [5.41, 5.74) is 2.05. The van der Waals surface area contributed by atoms with Gasteiger partial charge >= 0.3 is 18.0 Å². The second kappa shape index (κ2) is 10.0. The van der Waals surface area contributed by atoms with Crippen LogP contribution in [-0.2, 0) is 32.4 Å². The molecule has 0 fully saturated rings. The van der Waals surface area contributed by atoms with E-state index in [1.54, 1.807) is 6.92 Å². The third-order valence-corrected chi connectivity index (χ3v) is 7.44. The zero-order valence-corrected chi connectivity index (χ0v) is 20.8. The maximum absolute atomic E-state index is 12.5. The monoisotopic (exact) mass is 502 g/mol. The van der Waals surface area contributed by atoms with E-state index in [4.69, 9.17) is 21.1 Å². The highest BCUT2D eigenvalue weighted by Crippen LogP contribution is 2.41. The van der Waals surface area contributed by atoms with Crippen LogP contribution in [0.5, 0.6) is 5.75 Å². The molecule has 0 aromatic heterocycles. The van der Waals surface area contributed by atoms with Crippen LogP contribution in [0.4, 0.5) is 10.5 Å². The first-order valence-corrected chi connectivity index (χ1v) is 12.2. The van der Waals surface area contributed by atoms with Gasteiger partial charge in [0.2, 0.25) is 0 Å². The first-order chi connectivity index (χ1) is 15.2. The van der Waals surface area contributed by atoms with Gasteiger partial charge in [-0.25, -0.2) is 18.0 Å². The summed E-state index contributed by atoms with van der Waals surface area (Å²) >= 11 is 6.32. The van der Waals surface area contributed by atoms with E-state index in [1.807, 2.05) is 0 Å². The minimum atomic E-state index is -3.93. The molecule has 12 heteroatoms. The van der Waals surface area contributed by atoms with Crippen LogP contribution in [0.25, 0.3) is 0 Å². The molecule has 0 aliphatic carbocycles. The number of carbonyl (C=O) groups excluding carboxylic acids is 2. The molecule has 1 aromatic rings. The molecule has 1 aliphatic heterocycles. The van der Waals surface area contributed by atoms with Crippen molar-refractivity contribution in [2.24, 2.45) is 5.92 Å². The Hall–Kier alpha value is -2.79. The Labute approximate surface area is 197 Å². The number of allylic oxidation sites excluding steroid dienone is 2. The molecule has 0 bridgehead atoms. The number of ether oxygens (including phenoxy) is 2. The lowest BCUT2D eigenvalue weighted by atomic mass is 9.93. The number of benzene rings is 1. The van der Waals surface area contributed by atoms with E-state index < -0.39 is 39.0 Å². The average molecular weight is 503 g/mol. The number of amides is 2. The van der Waals surface area contributed by atoms with Crippen LogP contribution >= 0.6 is 11.6 Å². The molecule has 1 heterocycles. The number of methoxy groups -OCH3 is 1. The Kier molecular flexibility index (Phi) is 8.02. The fourth-order valence-corrected chi connectivity index (χ4v) is 5.24. The summed E-state index contributed by atoms with van der Waals surface area (Å²) < 4.78 is 34.6. The highest BCUT2D eigenvalue weighted by Gasteiger charge is 2.36. The lowest BCUT2D eigenvalue weighted by Crippen LogP contribution is -2.35. The number of cyclic esters (lactones) is 1. The number of nitrogens with one attached hydrogen (secondary N) is 1. The molecule has 2 N–H and O–H groups in total. The van der Waals surface area contributed by atoms with Gasteiger partial charge in [-0.05, 0) is 18.9 Å². The van der Waals surface area contributed by atoms with Crippen molar-refractivity contribution in [3.63, 3.8) is 0 Å². The van der Waals surface area contributed by atoms with Gasteiger partial charge in [0, 0.05) is 42.4 Å². The number of hydrogen-bond acceptors (Lipinski definition) is 7. The molecule has 182 valence electrons. The van der Waals surface area contributed by atoms with E-state index in [2.05, 4.69) is 5.32 Å².